The van der Waals surface area contributed by atoms with Crippen LogP contribution in [0.1, 0.15) is 6.92 Å². The van der Waals surface area contributed by atoms with Crippen LogP contribution in [-0.2, 0) is 14.8 Å². The van der Waals surface area contributed by atoms with Crippen molar-refractivity contribution < 1.29 is 22.7 Å². The van der Waals surface area contributed by atoms with E-state index in [9.17, 15) is 13.2 Å². The molecule has 2 rings (SSSR count). The summed E-state index contributed by atoms with van der Waals surface area (Å²) in [7, 11) is -0.893. The van der Waals surface area contributed by atoms with E-state index < -0.39 is 15.9 Å². The number of amides is 1. The number of nitrogens with zero attached hydrogens (tertiary/aromatic N) is 1. The first-order valence-electron chi connectivity index (χ1n) is 8.10. The van der Waals surface area contributed by atoms with E-state index in [4.69, 9.17) is 21.1 Å². The smallest absolute Gasteiger partial charge is 0.243 e. The molecule has 0 bridgehead atoms. The Labute approximate surface area is 163 Å². The Morgan fingerprint density at radius 3 is 2.30 bits per heavy atom. The Balaban J connectivity index is 2.21. The number of benzene rings is 2. The fourth-order valence-electron chi connectivity index (χ4n) is 2.42. The van der Waals surface area contributed by atoms with Crippen LogP contribution in [0.5, 0.6) is 11.5 Å². The largest absolute Gasteiger partial charge is 0.495 e. The molecule has 27 heavy (non-hydrogen) atoms. The highest BCUT2D eigenvalue weighted by atomic mass is 35.5. The topological polar surface area (TPSA) is 84.9 Å². The van der Waals surface area contributed by atoms with Crippen LogP contribution in [0.3, 0.4) is 0 Å². The summed E-state index contributed by atoms with van der Waals surface area (Å²) >= 11 is 6.05. The Hall–Kier alpha value is -2.29. The maximum Gasteiger partial charge on any atom is 0.243 e. The predicted octanol–water partition coefficient (Wildman–Crippen LogP) is 3.01. The SMILES string of the molecule is CCN(CC(=O)Nc1cc(OC)c(Cl)cc1OC)S(=O)(=O)c1ccccc1. The summed E-state index contributed by atoms with van der Waals surface area (Å²) in [6, 6.07) is 11.0. The number of anilines is 1. The average molecular weight is 413 g/mol. The van der Waals surface area contributed by atoms with Crippen molar-refractivity contribution in [3.05, 3.63) is 47.5 Å². The Morgan fingerprint density at radius 2 is 1.74 bits per heavy atom. The van der Waals surface area contributed by atoms with Gasteiger partial charge < -0.3 is 14.8 Å². The van der Waals surface area contributed by atoms with E-state index >= 15 is 0 Å². The number of rotatable bonds is 8. The number of methoxy groups -OCH3 is 2. The molecule has 0 saturated carbocycles. The normalized spacial score (nSPS) is 11.3. The number of sulfonamides is 1. The molecule has 7 nitrogen and oxygen atoms in total. The van der Waals surface area contributed by atoms with Crippen molar-refractivity contribution in [1.82, 2.24) is 4.31 Å². The number of likely N-dealkylation sites (N-methyl/N-ethyl adjacent to an activating group) is 1. The molecule has 2 aromatic rings. The molecule has 2 aromatic carbocycles. The van der Waals surface area contributed by atoms with Gasteiger partial charge in [-0.25, -0.2) is 8.42 Å². The molecule has 9 heteroatoms. The maximum atomic E-state index is 12.7. The lowest BCUT2D eigenvalue weighted by molar-refractivity contribution is -0.116. The van der Waals surface area contributed by atoms with Crippen LogP contribution < -0.4 is 14.8 Å². The molecule has 0 aromatic heterocycles. The number of ether oxygens (including phenoxy) is 2. The van der Waals surface area contributed by atoms with Gasteiger partial charge in [0, 0.05) is 18.7 Å². The molecular formula is C18H21ClN2O5S. The highest BCUT2D eigenvalue weighted by Crippen LogP contribution is 2.35. The Kier molecular flexibility index (Phi) is 7.06. The van der Waals surface area contributed by atoms with Crippen LogP contribution in [0.15, 0.2) is 47.4 Å². The van der Waals surface area contributed by atoms with Crippen molar-refractivity contribution in [2.24, 2.45) is 0 Å². The standard InChI is InChI=1S/C18H21ClN2O5S/c1-4-21(27(23,24)13-8-6-5-7-9-13)12-18(22)20-15-11-16(25-2)14(19)10-17(15)26-3/h5-11H,4,12H2,1-3H3,(H,20,22). The number of hydrogen-bond acceptors (Lipinski definition) is 5. The van der Waals surface area contributed by atoms with E-state index in [-0.39, 0.29) is 18.0 Å². The van der Waals surface area contributed by atoms with E-state index in [1.807, 2.05) is 0 Å². The first-order valence-corrected chi connectivity index (χ1v) is 9.91. The number of carbonyl (C=O) groups is 1. The summed E-state index contributed by atoms with van der Waals surface area (Å²) in [6.45, 7) is 1.47. The van der Waals surface area contributed by atoms with Gasteiger partial charge in [0.25, 0.3) is 0 Å². The Bertz CT molecular complexity index is 903. The molecule has 0 aliphatic rings. The monoisotopic (exact) mass is 412 g/mol. The molecule has 0 aliphatic heterocycles. The van der Waals surface area contributed by atoms with E-state index in [0.29, 0.717) is 22.2 Å². The molecule has 146 valence electrons. The van der Waals surface area contributed by atoms with Gasteiger partial charge in [0.15, 0.2) is 0 Å². The molecule has 1 amide bonds. The van der Waals surface area contributed by atoms with Crippen LogP contribution in [0.4, 0.5) is 5.69 Å². The van der Waals surface area contributed by atoms with E-state index in [1.54, 1.807) is 25.1 Å². The van der Waals surface area contributed by atoms with Crippen LogP contribution in [0.25, 0.3) is 0 Å². The predicted molar refractivity (Wildman–Crippen MR) is 104 cm³/mol. The third kappa shape index (κ3) is 4.91. The van der Waals surface area contributed by atoms with Crippen molar-refractivity contribution in [3.63, 3.8) is 0 Å². The molecule has 0 atom stereocenters. The number of carbonyl (C=O) groups excluding carboxylic acids is 1. The molecule has 0 fully saturated rings. The van der Waals surface area contributed by atoms with Gasteiger partial charge in [-0.15, -0.1) is 0 Å². The van der Waals surface area contributed by atoms with E-state index in [1.165, 1.54) is 38.5 Å². The van der Waals surface area contributed by atoms with Gasteiger partial charge in [-0.3, -0.25) is 4.79 Å². The van der Waals surface area contributed by atoms with Gasteiger partial charge in [0.1, 0.15) is 11.5 Å². The van der Waals surface area contributed by atoms with Gasteiger partial charge in [0.2, 0.25) is 15.9 Å². The molecule has 0 radical (unpaired) electrons. The molecule has 0 saturated heterocycles. The second-order valence-corrected chi connectivity index (χ2v) is 7.82. The third-order valence-corrected chi connectivity index (χ3v) is 6.03. The zero-order valence-corrected chi connectivity index (χ0v) is 16.8. The minimum absolute atomic E-state index is 0.130. The van der Waals surface area contributed by atoms with Crippen molar-refractivity contribution in [2.45, 2.75) is 11.8 Å². The number of hydrogen-bond donors (Lipinski definition) is 1. The van der Waals surface area contributed by atoms with Crippen molar-refractivity contribution >= 4 is 33.2 Å². The van der Waals surface area contributed by atoms with Crippen LogP contribution in [-0.4, -0.2) is 45.9 Å². The van der Waals surface area contributed by atoms with Crippen molar-refractivity contribution in [2.75, 3.05) is 32.6 Å². The Morgan fingerprint density at radius 1 is 1.11 bits per heavy atom. The zero-order valence-electron chi connectivity index (χ0n) is 15.2. The summed E-state index contributed by atoms with van der Waals surface area (Å²) in [5.74, 6) is 0.180. The summed E-state index contributed by atoms with van der Waals surface area (Å²) in [5, 5.41) is 2.97. The molecule has 0 heterocycles. The lowest BCUT2D eigenvalue weighted by Gasteiger charge is -2.20. The van der Waals surface area contributed by atoms with Gasteiger partial charge in [0.05, 0.1) is 36.4 Å². The van der Waals surface area contributed by atoms with E-state index in [2.05, 4.69) is 5.32 Å². The molecule has 1 N–H and O–H groups in total. The van der Waals surface area contributed by atoms with Crippen molar-refractivity contribution in [1.29, 1.82) is 0 Å². The first-order chi connectivity index (χ1) is 12.8. The van der Waals surface area contributed by atoms with Crippen molar-refractivity contribution in [3.8, 4) is 11.5 Å². The highest BCUT2D eigenvalue weighted by Gasteiger charge is 2.25. The second kappa shape index (κ2) is 9.07. The molecule has 0 spiro atoms. The van der Waals surface area contributed by atoms with E-state index in [0.717, 1.165) is 4.31 Å². The first kappa shape index (κ1) is 21.0. The van der Waals surface area contributed by atoms with Crippen LogP contribution >= 0.6 is 11.6 Å². The lowest BCUT2D eigenvalue weighted by Crippen LogP contribution is -2.37. The summed E-state index contributed by atoms with van der Waals surface area (Å²) < 4.78 is 36.8. The zero-order chi connectivity index (χ0) is 20.0. The minimum Gasteiger partial charge on any atom is -0.495 e. The van der Waals surface area contributed by atoms with Gasteiger partial charge >= 0.3 is 0 Å². The summed E-state index contributed by atoms with van der Waals surface area (Å²) in [5.41, 5.74) is 0.330. The lowest BCUT2D eigenvalue weighted by atomic mass is 10.2. The molecule has 0 unspecified atom stereocenters. The third-order valence-electron chi connectivity index (χ3n) is 3.80. The van der Waals surface area contributed by atoms with Crippen LogP contribution in [0.2, 0.25) is 5.02 Å². The minimum atomic E-state index is -3.78. The number of halogens is 1. The maximum absolute atomic E-state index is 12.7. The fourth-order valence-corrected chi connectivity index (χ4v) is 4.07. The number of nitrogens with one attached hydrogen (secondary N) is 1. The van der Waals surface area contributed by atoms with Gasteiger partial charge in [-0.05, 0) is 12.1 Å². The summed E-state index contributed by atoms with van der Waals surface area (Å²) in [4.78, 5) is 12.6. The van der Waals surface area contributed by atoms with Gasteiger partial charge in [-0.2, -0.15) is 4.31 Å². The van der Waals surface area contributed by atoms with Gasteiger partial charge in [-0.1, -0.05) is 36.7 Å². The quantitative estimate of drug-likeness (QED) is 0.720. The molecular weight excluding hydrogens is 392 g/mol. The fraction of sp³-hybridized carbons (Fsp3) is 0.278. The second-order valence-electron chi connectivity index (χ2n) is 5.48. The summed E-state index contributed by atoms with van der Waals surface area (Å²) in [6.07, 6.45) is 0. The van der Waals surface area contributed by atoms with Crippen LogP contribution in [0, 0.1) is 0 Å². The molecule has 0 aliphatic carbocycles. The highest BCUT2D eigenvalue weighted by molar-refractivity contribution is 7.89. The average Bonchev–Trinajstić information content (AvgIpc) is 2.67.